The van der Waals surface area contributed by atoms with Crippen molar-refractivity contribution in [2.75, 3.05) is 27.3 Å². The summed E-state index contributed by atoms with van der Waals surface area (Å²) in [7, 11) is 2.99. The molecule has 0 spiro atoms. The third-order valence-corrected chi connectivity index (χ3v) is 4.31. The Labute approximate surface area is 145 Å². The molecular formula is C19H27NO3. The largest absolute Gasteiger partial charge is 0.493 e. The fraction of sp³-hybridized carbons (Fsp3) is 0.632. The van der Waals surface area contributed by atoms with Crippen LogP contribution in [0.4, 0.5) is 0 Å². The highest BCUT2D eigenvalue weighted by Crippen LogP contribution is 2.42. The molecule has 1 fully saturated rings. The second-order valence-electron chi connectivity index (χ2n) is 6.41. The molecule has 2 aliphatic rings. The summed E-state index contributed by atoms with van der Waals surface area (Å²) >= 11 is 0. The number of hydrogen-bond acceptors (Lipinski definition) is 4. The number of carbonyl (C=O) groups is 1. The number of ether oxygens (including phenoxy) is 2. The van der Waals surface area contributed by atoms with E-state index in [0.717, 1.165) is 5.56 Å². The summed E-state index contributed by atoms with van der Waals surface area (Å²) in [6, 6.07) is 2.27. The normalized spacial score (nSPS) is 35.1. The molecule has 1 aromatic rings. The minimum absolute atomic E-state index is 0.0413. The highest BCUT2D eigenvalue weighted by molar-refractivity contribution is 5.83. The lowest BCUT2D eigenvalue weighted by molar-refractivity contribution is -0.129. The van der Waals surface area contributed by atoms with Crippen molar-refractivity contribution >= 4 is 5.78 Å². The first-order chi connectivity index (χ1) is 12.9. The lowest BCUT2D eigenvalue weighted by atomic mass is 9.80. The minimum atomic E-state index is -2.41. The van der Waals surface area contributed by atoms with Gasteiger partial charge in [0.1, 0.15) is 5.78 Å². The predicted octanol–water partition coefficient (Wildman–Crippen LogP) is 3.24. The zero-order valence-electron chi connectivity index (χ0n) is 19.1. The van der Waals surface area contributed by atoms with Gasteiger partial charge in [0.25, 0.3) is 0 Å². The molecule has 1 saturated heterocycles. The van der Waals surface area contributed by atoms with Crippen molar-refractivity contribution in [3.05, 3.63) is 23.3 Å². The molecule has 0 N–H and O–H groups in total. The Morgan fingerprint density at radius 3 is 2.70 bits per heavy atom. The Morgan fingerprint density at radius 2 is 2.04 bits per heavy atom. The van der Waals surface area contributed by atoms with E-state index < -0.39 is 30.6 Å². The van der Waals surface area contributed by atoms with Gasteiger partial charge < -0.3 is 9.47 Å². The topological polar surface area (TPSA) is 38.8 Å². The van der Waals surface area contributed by atoms with Gasteiger partial charge in [-0.15, -0.1) is 0 Å². The summed E-state index contributed by atoms with van der Waals surface area (Å²) in [4.78, 5) is 14.5. The molecule has 4 heteroatoms. The Hall–Kier alpha value is -1.55. The van der Waals surface area contributed by atoms with Gasteiger partial charge in [-0.2, -0.15) is 0 Å². The molecule has 2 heterocycles. The standard InChI is InChI=1S/C19H27NO3/c1-12(2)7-14-11-20-6-5-13-8-18(22-3)19(23-4)9-15(13)16(20)10-17(14)21/h8-9,12,14,16H,5-7,10-11H2,1-4H3/i10D2,11D2,14D. The third kappa shape index (κ3) is 3.09. The molecule has 0 amide bonds. The van der Waals surface area contributed by atoms with Crippen LogP contribution in [0.25, 0.3) is 0 Å². The van der Waals surface area contributed by atoms with Crippen LogP contribution in [-0.2, 0) is 11.2 Å². The number of nitrogens with zero attached hydrogens (tertiary/aromatic N) is 1. The van der Waals surface area contributed by atoms with Crippen molar-refractivity contribution < 1.29 is 21.1 Å². The van der Waals surface area contributed by atoms with Crippen molar-refractivity contribution in [1.82, 2.24) is 4.90 Å². The van der Waals surface area contributed by atoms with Gasteiger partial charge >= 0.3 is 0 Å². The smallest absolute Gasteiger partial charge is 0.161 e. The van der Waals surface area contributed by atoms with E-state index in [1.807, 2.05) is 13.8 Å². The molecule has 3 rings (SSSR count). The number of Topliss-reactive ketones (excluding diaryl/α,β-unsaturated/α-hetero) is 1. The Kier molecular flexibility index (Phi) is 3.14. The van der Waals surface area contributed by atoms with Gasteiger partial charge in [-0.25, -0.2) is 0 Å². The molecule has 1 aromatic carbocycles. The number of benzene rings is 1. The zero-order valence-corrected chi connectivity index (χ0v) is 14.1. The summed E-state index contributed by atoms with van der Waals surface area (Å²) in [6.07, 6.45) is -1.98. The number of piperidine rings is 1. The summed E-state index contributed by atoms with van der Waals surface area (Å²) in [6.45, 7) is 1.54. The van der Waals surface area contributed by atoms with Crippen molar-refractivity contribution in [1.29, 1.82) is 0 Å². The number of fused-ring (bicyclic) bond motifs is 3. The summed E-state index contributed by atoms with van der Waals surface area (Å²) in [5.41, 5.74) is 1.31. The highest BCUT2D eigenvalue weighted by atomic mass is 16.5. The molecular weight excluding hydrogens is 290 g/mol. The lowest BCUT2D eigenvalue weighted by Crippen LogP contribution is -2.46. The Bertz CT molecular complexity index is 798. The van der Waals surface area contributed by atoms with Crippen LogP contribution < -0.4 is 9.47 Å². The van der Waals surface area contributed by atoms with E-state index in [1.165, 1.54) is 19.1 Å². The minimum Gasteiger partial charge on any atom is -0.493 e. The Morgan fingerprint density at radius 1 is 1.35 bits per heavy atom. The van der Waals surface area contributed by atoms with Gasteiger partial charge in [0, 0.05) is 38.2 Å². The first-order valence-electron chi connectivity index (χ1n) is 10.5. The number of hydrogen-bond donors (Lipinski definition) is 0. The second-order valence-corrected chi connectivity index (χ2v) is 6.41. The molecule has 0 saturated carbocycles. The molecule has 2 atom stereocenters. The van der Waals surface area contributed by atoms with E-state index >= 15 is 0 Å². The maximum atomic E-state index is 13.2. The molecule has 0 aliphatic carbocycles. The van der Waals surface area contributed by atoms with Gasteiger partial charge in [0.2, 0.25) is 0 Å². The van der Waals surface area contributed by atoms with Gasteiger partial charge in [0.05, 0.1) is 14.2 Å². The van der Waals surface area contributed by atoms with E-state index in [9.17, 15) is 4.79 Å². The third-order valence-electron chi connectivity index (χ3n) is 4.31. The first-order valence-corrected chi connectivity index (χ1v) is 7.98. The monoisotopic (exact) mass is 322 g/mol. The zero-order chi connectivity index (χ0) is 21.1. The van der Waals surface area contributed by atoms with Gasteiger partial charge in [-0.3, -0.25) is 9.69 Å². The van der Waals surface area contributed by atoms with Crippen LogP contribution in [-0.4, -0.2) is 37.9 Å². The average Bonchev–Trinajstić information content (AvgIpc) is 2.63. The highest BCUT2D eigenvalue weighted by Gasteiger charge is 2.38. The van der Waals surface area contributed by atoms with Crippen LogP contribution in [0.15, 0.2) is 12.1 Å². The quantitative estimate of drug-likeness (QED) is 0.853. The fourth-order valence-corrected chi connectivity index (χ4v) is 3.20. The summed E-state index contributed by atoms with van der Waals surface area (Å²) < 4.78 is 54.0. The van der Waals surface area contributed by atoms with Crippen LogP contribution in [0.1, 0.15) is 50.7 Å². The first kappa shape index (κ1) is 11.1. The molecule has 126 valence electrons. The fourth-order valence-electron chi connectivity index (χ4n) is 3.20. The summed E-state index contributed by atoms with van der Waals surface area (Å²) in [5.74, 6) is -2.38. The number of carbonyl (C=O) groups excluding carboxylic acids is 1. The molecule has 0 radical (unpaired) electrons. The molecule has 0 aromatic heterocycles. The molecule has 2 unspecified atom stereocenters. The van der Waals surface area contributed by atoms with Crippen LogP contribution in [0.3, 0.4) is 0 Å². The second kappa shape index (κ2) is 6.52. The SMILES string of the molecule is [2H]C1([2H])C(=O)C([2H])(CC(C)C)C([2H])([2H])N2CCc3cc(OC)c(OC)cc3C21. The number of rotatable bonds is 4. The molecule has 0 bridgehead atoms. The molecule has 23 heavy (non-hydrogen) atoms. The lowest BCUT2D eigenvalue weighted by Gasteiger charge is -2.43. The van der Waals surface area contributed by atoms with E-state index in [4.69, 9.17) is 16.3 Å². The van der Waals surface area contributed by atoms with E-state index in [2.05, 4.69) is 0 Å². The van der Waals surface area contributed by atoms with Gasteiger partial charge in [0.15, 0.2) is 11.5 Å². The number of ketones is 1. The van der Waals surface area contributed by atoms with Crippen molar-refractivity contribution in [2.45, 2.75) is 39.1 Å². The molecule has 4 nitrogen and oxygen atoms in total. The van der Waals surface area contributed by atoms with Crippen molar-refractivity contribution in [3.8, 4) is 11.5 Å². The van der Waals surface area contributed by atoms with E-state index in [-0.39, 0.29) is 18.9 Å². The van der Waals surface area contributed by atoms with Crippen LogP contribution >= 0.6 is 0 Å². The van der Waals surface area contributed by atoms with E-state index in [1.54, 1.807) is 12.1 Å². The van der Waals surface area contributed by atoms with Gasteiger partial charge in [-0.05, 0) is 42.0 Å². The van der Waals surface area contributed by atoms with Crippen LogP contribution in [0.5, 0.6) is 11.5 Å². The maximum Gasteiger partial charge on any atom is 0.161 e. The van der Waals surface area contributed by atoms with Crippen LogP contribution in [0, 0.1) is 11.8 Å². The van der Waals surface area contributed by atoms with Crippen molar-refractivity contribution in [3.63, 3.8) is 0 Å². The predicted molar refractivity (Wildman–Crippen MR) is 90.1 cm³/mol. The van der Waals surface area contributed by atoms with E-state index in [0.29, 0.717) is 23.5 Å². The summed E-state index contributed by atoms with van der Waals surface area (Å²) in [5, 5.41) is 0. The van der Waals surface area contributed by atoms with Gasteiger partial charge in [-0.1, -0.05) is 13.8 Å². The average molecular weight is 322 g/mol. The van der Waals surface area contributed by atoms with Crippen molar-refractivity contribution in [2.24, 2.45) is 11.8 Å². The number of methoxy groups -OCH3 is 2. The van der Waals surface area contributed by atoms with Crippen LogP contribution in [0.2, 0.25) is 0 Å². The molecule has 2 aliphatic heterocycles. The maximum absolute atomic E-state index is 13.2. The Balaban J connectivity index is 2.20.